The van der Waals surface area contributed by atoms with Crippen LogP contribution < -0.4 is 10.2 Å². The molecule has 104 valence electrons. The molecule has 0 radical (unpaired) electrons. The third kappa shape index (κ3) is 2.29. The van der Waals surface area contributed by atoms with Gasteiger partial charge in [-0.2, -0.15) is 0 Å². The highest BCUT2D eigenvalue weighted by molar-refractivity contribution is 6.05. The van der Waals surface area contributed by atoms with Gasteiger partial charge in [-0.3, -0.25) is 4.79 Å². The van der Waals surface area contributed by atoms with Gasteiger partial charge < -0.3 is 10.2 Å². The summed E-state index contributed by atoms with van der Waals surface area (Å²) in [6, 6.07) is 14.4. The van der Waals surface area contributed by atoms with E-state index in [1.54, 1.807) is 0 Å². The molecule has 1 aliphatic heterocycles. The van der Waals surface area contributed by atoms with Gasteiger partial charge in [-0.05, 0) is 37.8 Å². The minimum atomic E-state index is -0.0195. The van der Waals surface area contributed by atoms with Crippen LogP contribution in [-0.2, 0) is 4.79 Å². The Kier molecular flexibility index (Phi) is 3.70. The van der Waals surface area contributed by atoms with E-state index in [1.165, 1.54) is 5.39 Å². The number of hydrogen-bond donors (Lipinski definition) is 1. The summed E-state index contributed by atoms with van der Waals surface area (Å²) in [6.45, 7) is 3.68. The lowest BCUT2D eigenvalue weighted by atomic mass is 10.1. The number of benzene rings is 2. The fraction of sp³-hybridized carbons (Fsp3) is 0.353. The molecule has 3 rings (SSSR count). The molecular weight excluding hydrogens is 248 g/mol. The molecule has 0 unspecified atom stereocenters. The average Bonchev–Trinajstić information content (AvgIpc) is 3.02. The van der Waals surface area contributed by atoms with Crippen molar-refractivity contribution in [1.29, 1.82) is 0 Å². The number of fused-ring (bicyclic) bond motifs is 1. The molecule has 1 saturated heterocycles. The molecular formula is C17H20N2O. The van der Waals surface area contributed by atoms with Crippen LogP contribution in [0.2, 0.25) is 0 Å². The van der Waals surface area contributed by atoms with Crippen molar-refractivity contribution < 1.29 is 4.79 Å². The summed E-state index contributed by atoms with van der Waals surface area (Å²) in [5, 5.41) is 5.62. The first kappa shape index (κ1) is 13.1. The van der Waals surface area contributed by atoms with Crippen LogP contribution in [0.1, 0.15) is 19.8 Å². The lowest BCUT2D eigenvalue weighted by Crippen LogP contribution is -2.43. The third-order valence-electron chi connectivity index (χ3n) is 4.00. The van der Waals surface area contributed by atoms with Crippen LogP contribution in [0.3, 0.4) is 0 Å². The predicted octanol–water partition coefficient (Wildman–Crippen LogP) is 2.94. The zero-order valence-corrected chi connectivity index (χ0v) is 11.8. The van der Waals surface area contributed by atoms with Gasteiger partial charge in [-0.15, -0.1) is 0 Å². The van der Waals surface area contributed by atoms with Crippen molar-refractivity contribution in [1.82, 2.24) is 5.32 Å². The average molecular weight is 268 g/mol. The molecule has 1 amide bonds. The Hall–Kier alpha value is -1.87. The first-order chi connectivity index (χ1) is 9.81. The zero-order valence-electron chi connectivity index (χ0n) is 11.8. The molecule has 0 bridgehead atoms. The van der Waals surface area contributed by atoms with E-state index in [1.807, 2.05) is 36.1 Å². The quantitative estimate of drug-likeness (QED) is 0.928. The molecule has 1 heterocycles. The molecule has 0 aromatic heterocycles. The van der Waals surface area contributed by atoms with Crippen molar-refractivity contribution in [2.24, 2.45) is 0 Å². The van der Waals surface area contributed by atoms with Crippen LogP contribution in [0.15, 0.2) is 42.5 Å². The van der Waals surface area contributed by atoms with E-state index in [2.05, 4.69) is 23.5 Å². The lowest BCUT2D eigenvalue weighted by Gasteiger charge is -2.25. The number of rotatable bonds is 3. The number of amides is 1. The van der Waals surface area contributed by atoms with Crippen LogP contribution in [0.4, 0.5) is 5.69 Å². The first-order valence-electron chi connectivity index (χ1n) is 7.34. The second kappa shape index (κ2) is 5.63. The molecule has 0 aliphatic carbocycles. The largest absolute Gasteiger partial charge is 0.311 e. The van der Waals surface area contributed by atoms with Gasteiger partial charge in [0.25, 0.3) is 0 Å². The van der Waals surface area contributed by atoms with Gasteiger partial charge in [0.1, 0.15) is 0 Å². The third-order valence-corrected chi connectivity index (χ3v) is 4.00. The molecule has 2 aromatic carbocycles. The molecule has 3 nitrogen and oxygen atoms in total. The Balaban J connectivity index is 2.00. The highest BCUT2D eigenvalue weighted by atomic mass is 16.2. The minimum Gasteiger partial charge on any atom is -0.311 e. The zero-order chi connectivity index (χ0) is 13.9. The molecule has 1 atom stereocenters. The second-order valence-corrected chi connectivity index (χ2v) is 5.23. The number of carbonyl (C=O) groups excluding carboxylic acids is 1. The monoisotopic (exact) mass is 268 g/mol. The predicted molar refractivity (Wildman–Crippen MR) is 83.0 cm³/mol. The van der Waals surface area contributed by atoms with Crippen molar-refractivity contribution in [3.63, 3.8) is 0 Å². The molecule has 0 spiro atoms. The summed E-state index contributed by atoms with van der Waals surface area (Å²) in [5.74, 6) is 0.196. The van der Waals surface area contributed by atoms with E-state index in [-0.39, 0.29) is 11.9 Å². The van der Waals surface area contributed by atoms with E-state index in [0.29, 0.717) is 6.54 Å². The molecule has 1 N–H and O–H groups in total. The van der Waals surface area contributed by atoms with Gasteiger partial charge >= 0.3 is 0 Å². The van der Waals surface area contributed by atoms with Crippen LogP contribution in [0.25, 0.3) is 10.8 Å². The number of carbonyl (C=O) groups is 1. The Labute approximate surface area is 119 Å². The molecule has 3 heteroatoms. The standard InChI is InChI=1S/C17H20N2O/c1-2-19(17(20)15-10-6-12-18-15)16-11-5-8-13-7-3-4-9-14(13)16/h3-5,7-9,11,15,18H,2,6,10,12H2,1H3/t15-/m1/s1. The Morgan fingerprint density at radius 1 is 1.25 bits per heavy atom. The van der Waals surface area contributed by atoms with E-state index in [0.717, 1.165) is 30.5 Å². The molecule has 1 aliphatic rings. The van der Waals surface area contributed by atoms with Gasteiger partial charge in [0, 0.05) is 11.9 Å². The first-order valence-corrected chi connectivity index (χ1v) is 7.34. The number of anilines is 1. The van der Waals surface area contributed by atoms with Crippen LogP contribution in [0.5, 0.6) is 0 Å². The Morgan fingerprint density at radius 3 is 2.80 bits per heavy atom. The van der Waals surface area contributed by atoms with Crippen LogP contribution >= 0.6 is 0 Å². The summed E-state index contributed by atoms with van der Waals surface area (Å²) >= 11 is 0. The maximum atomic E-state index is 12.7. The normalized spacial score (nSPS) is 18.4. The van der Waals surface area contributed by atoms with Gasteiger partial charge in [-0.25, -0.2) is 0 Å². The van der Waals surface area contributed by atoms with Gasteiger partial charge in [-0.1, -0.05) is 36.4 Å². The van der Waals surface area contributed by atoms with Crippen molar-refractivity contribution >= 4 is 22.4 Å². The SMILES string of the molecule is CCN(C(=O)[C@H]1CCCN1)c1cccc2ccccc12. The Morgan fingerprint density at radius 2 is 2.05 bits per heavy atom. The fourth-order valence-corrected chi connectivity index (χ4v) is 2.97. The van der Waals surface area contributed by atoms with Crippen molar-refractivity contribution in [3.8, 4) is 0 Å². The molecule has 0 saturated carbocycles. The number of nitrogens with zero attached hydrogens (tertiary/aromatic N) is 1. The van der Waals surface area contributed by atoms with Crippen molar-refractivity contribution in [2.45, 2.75) is 25.8 Å². The van der Waals surface area contributed by atoms with Crippen LogP contribution in [0, 0.1) is 0 Å². The fourth-order valence-electron chi connectivity index (χ4n) is 2.97. The van der Waals surface area contributed by atoms with Gasteiger partial charge in [0.05, 0.1) is 11.7 Å². The van der Waals surface area contributed by atoms with E-state index in [9.17, 15) is 4.79 Å². The summed E-state index contributed by atoms with van der Waals surface area (Å²) in [6.07, 6.45) is 2.03. The smallest absolute Gasteiger partial charge is 0.244 e. The number of nitrogens with one attached hydrogen (secondary N) is 1. The summed E-state index contributed by atoms with van der Waals surface area (Å²) in [7, 11) is 0. The van der Waals surface area contributed by atoms with E-state index in [4.69, 9.17) is 0 Å². The van der Waals surface area contributed by atoms with Crippen molar-refractivity contribution in [3.05, 3.63) is 42.5 Å². The van der Waals surface area contributed by atoms with Crippen LogP contribution in [-0.4, -0.2) is 25.0 Å². The minimum absolute atomic E-state index is 0.0195. The maximum absolute atomic E-state index is 12.7. The van der Waals surface area contributed by atoms with E-state index < -0.39 is 0 Å². The second-order valence-electron chi connectivity index (χ2n) is 5.23. The lowest BCUT2D eigenvalue weighted by molar-refractivity contribution is -0.120. The topological polar surface area (TPSA) is 32.3 Å². The Bertz CT molecular complexity index is 612. The van der Waals surface area contributed by atoms with Gasteiger partial charge in [0.2, 0.25) is 5.91 Å². The highest BCUT2D eigenvalue weighted by Gasteiger charge is 2.27. The number of hydrogen-bond acceptors (Lipinski definition) is 2. The summed E-state index contributed by atoms with van der Waals surface area (Å²) < 4.78 is 0. The number of likely N-dealkylation sites (N-methyl/N-ethyl adjacent to an activating group) is 1. The van der Waals surface area contributed by atoms with E-state index >= 15 is 0 Å². The summed E-state index contributed by atoms with van der Waals surface area (Å²) in [4.78, 5) is 14.6. The molecule has 2 aromatic rings. The maximum Gasteiger partial charge on any atom is 0.244 e. The summed E-state index contributed by atoms with van der Waals surface area (Å²) in [5.41, 5.74) is 1.02. The highest BCUT2D eigenvalue weighted by Crippen LogP contribution is 2.27. The van der Waals surface area contributed by atoms with Gasteiger partial charge in [0.15, 0.2) is 0 Å². The molecule has 20 heavy (non-hydrogen) atoms. The molecule has 1 fully saturated rings. The van der Waals surface area contributed by atoms with Crippen molar-refractivity contribution in [2.75, 3.05) is 18.0 Å².